The molecule has 48 heavy (non-hydrogen) atoms. The van der Waals surface area contributed by atoms with Crippen LogP contribution in [-0.2, 0) is 25.7 Å². The Hall–Kier alpha value is -5.16. The van der Waals surface area contributed by atoms with E-state index >= 15 is 0 Å². The first-order valence-electron chi connectivity index (χ1n) is 16.5. The molecule has 4 heteroatoms. The molecule has 6 aromatic rings. The van der Waals surface area contributed by atoms with E-state index in [9.17, 15) is 10.2 Å². The molecule has 0 heterocycles. The molecule has 2 N–H and O–H groups in total. The molecule has 0 bridgehead atoms. The number of hydrogen-bond donors (Lipinski definition) is 2. The van der Waals surface area contributed by atoms with Gasteiger partial charge in [0.2, 0.25) is 0 Å². The average Bonchev–Trinajstić information content (AvgIpc) is 3.13. The van der Waals surface area contributed by atoms with Crippen LogP contribution in [0.5, 0.6) is 11.5 Å². The summed E-state index contributed by atoms with van der Waals surface area (Å²) < 4.78 is 11.5. The zero-order valence-corrected chi connectivity index (χ0v) is 27.4. The zero-order valence-electron chi connectivity index (χ0n) is 27.4. The summed E-state index contributed by atoms with van der Waals surface area (Å²) in [6, 6.07) is 45.4. The van der Waals surface area contributed by atoms with Crippen molar-refractivity contribution in [2.45, 2.75) is 37.9 Å². The van der Waals surface area contributed by atoms with Gasteiger partial charge in [0.15, 0.2) is 11.5 Å². The molecule has 2 unspecified atom stereocenters. The molecule has 240 valence electrons. The summed E-state index contributed by atoms with van der Waals surface area (Å²) in [6.45, 7) is 0. The van der Waals surface area contributed by atoms with Gasteiger partial charge in [-0.1, -0.05) is 121 Å². The Balaban J connectivity index is 1.45. The van der Waals surface area contributed by atoms with Crippen molar-refractivity contribution in [3.8, 4) is 11.5 Å². The van der Waals surface area contributed by atoms with Crippen molar-refractivity contribution in [3.63, 3.8) is 0 Å². The van der Waals surface area contributed by atoms with Crippen molar-refractivity contribution in [1.82, 2.24) is 0 Å². The summed E-state index contributed by atoms with van der Waals surface area (Å²) in [5, 5.41) is 24.2. The largest absolute Gasteiger partial charge is 0.493 e. The maximum absolute atomic E-state index is 12.1. The van der Waals surface area contributed by atoms with Crippen molar-refractivity contribution >= 4 is 0 Å². The van der Waals surface area contributed by atoms with E-state index in [-0.39, 0.29) is 0 Å². The number of methoxy groups -OCH3 is 2. The van der Waals surface area contributed by atoms with Gasteiger partial charge in [0.25, 0.3) is 0 Å². The third kappa shape index (κ3) is 6.25. The van der Waals surface area contributed by atoms with Crippen LogP contribution in [0.3, 0.4) is 0 Å². The van der Waals surface area contributed by atoms with Crippen LogP contribution in [0.1, 0.15) is 79.0 Å². The van der Waals surface area contributed by atoms with E-state index in [0.29, 0.717) is 37.2 Å². The van der Waals surface area contributed by atoms with Crippen LogP contribution in [0.15, 0.2) is 133 Å². The second kappa shape index (κ2) is 13.9. The summed E-state index contributed by atoms with van der Waals surface area (Å²) in [6.07, 6.45) is 0.924. The minimum absolute atomic E-state index is 0.585. The predicted octanol–water partition coefficient (Wildman–Crippen LogP) is 8.54. The number of hydrogen-bond acceptors (Lipinski definition) is 4. The lowest BCUT2D eigenvalue weighted by Gasteiger charge is -2.23. The van der Waals surface area contributed by atoms with E-state index in [2.05, 4.69) is 60.7 Å². The topological polar surface area (TPSA) is 58.9 Å². The molecule has 1 aliphatic carbocycles. The molecule has 0 saturated carbocycles. The quantitative estimate of drug-likeness (QED) is 0.201. The molecule has 0 spiro atoms. The van der Waals surface area contributed by atoms with E-state index in [1.165, 1.54) is 11.1 Å². The smallest absolute Gasteiger partial charge is 0.161 e. The molecular weight excluding hydrogens is 592 g/mol. The Kier molecular flexibility index (Phi) is 9.11. The molecule has 0 amide bonds. The fourth-order valence-corrected chi connectivity index (χ4v) is 7.20. The maximum Gasteiger partial charge on any atom is 0.161 e. The van der Waals surface area contributed by atoms with E-state index < -0.39 is 12.2 Å². The highest BCUT2D eigenvalue weighted by molar-refractivity contribution is 5.53. The van der Waals surface area contributed by atoms with Crippen LogP contribution in [-0.4, -0.2) is 24.4 Å². The van der Waals surface area contributed by atoms with E-state index in [1.54, 1.807) is 14.2 Å². The van der Waals surface area contributed by atoms with Gasteiger partial charge in [-0.25, -0.2) is 0 Å². The molecule has 7 rings (SSSR count). The number of rotatable bonds is 2. The van der Waals surface area contributed by atoms with Crippen LogP contribution >= 0.6 is 0 Å². The van der Waals surface area contributed by atoms with Crippen LogP contribution in [0.4, 0.5) is 0 Å². The van der Waals surface area contributed by atoms with Crippen molar-refractivity contribution in [2.24, 2.45) is 0 Å². The molecule has 1 aliphatic rings. The number of aliphatic hydroxyl groups is 2. The number of aliphatic hydroxyl groups excluding tert-OH is 2. The highest BCUT2D eigenvalue weighted by atomic mass is 16.5. The van der Waals surface area contributed by atoms with Crippen molar-refractivity contribution in [2.75, 3.05) is 14.2 Å². The maximum atomic E-state index is 12.1. The number of fused-ring (bicyclic) bond motifs is 6. The first-order valence-corrected chi connectivity index (χ1v) is 16.5. The first-order chi connectivity index (χ1) is 23.5. The van der Waals surface area contributed by atoms with Gasteiger partial charge in [0.05, 0.1) is 14.2 Å². The molecule has 0 aromatic heterocycles. The van der Waals surface area contributed by atoms with Gasteiger partial charge in [-0.2, -0.15) is 0 Å². The predicted molar refractivity (Wildman–Crippen MR) is 191 cm³/mol. The Morgan fingerprint density at radius 2 is 0.625 bits per heavy atom. The molecule has 0 radical (unpaired) electrons. The normalized spacial score (nSPS) is 16.0. The van der Waals surface area contributed by atoms with Crippen molar-refractivity contribution < 1.29 is 19.7 Å². The lowest BCUT2D eigenvalue weighted by Crippen LogP contribution is -2.11. The van der Waals surface area contributed by atoms with Crippen LogP contribution < -0.4 is 9.47 Å². The third-order valence-corrected chi connectivity index (χ3v) is 9.75. The van der Waals surface area contributed by atoms with Crippen molar-refractivity contribution in [3.05, 3.63) is 200 Å². The highest BCUT2D eigenvalue weighted by Gasteiger charge is 2.23. The minimum atomic E-state index is -0.802. The second-order valence-electron chi connectivity index (χ2n) is 12.6. The summed E-state index contributed by atoms with van der Waals surface area (Å²) in [7, 11) is 3.31. The van der Waals surface area contributed by atoms with Gasteiger partial charge in [-0.3, -0.25) is 0 Å². The summed E-state index contributed by atoms with van der Waals surface area (Å²) in [5.41, 5.74) is 12.3. The lowest BCUT2D eigenvalue weighted by atomic mass is 9.85. The standard InChI is InChI=1S/C44H40O4/c1-47-41-27-35-25-33-17-7-11-21-39(33)43(45)37-19-9-5-15-31(37)23-29-13-3-4-14-30(29)24-32-16-6-10-20-38(32)44(46)40-22-12-8-18-34(40)26-36(35)28-42(41)48-2/h3-22,27-28,43-46H,23-26H2,1-2H3. The van der Waals surface area contributed by atoms with Gasteiger partial charge in [0.1, 0.15) is 12.2 Å². The first kappa shape index (κ1) is 31.4. The van der Waals surface area contributed by atoms with Crippen LogP contribution in [0.25, 0.3) is 0 Å². The van der Waals surface area contributed by atoms with Crippen LogP contribution in [0.2, 0.25) is 0 Å². The van der Waals surface area contributed by atoms with Gasteiger partial charge in [-0.15, -0.1) is 0 Å². The molecular formula is C44H40O4. The minimum Gasteiger partial charge on any atom is -0.493 e. The fourth-order valence-electron chi connectivity index (χ4n) is 7.20. The van der Waals surface area contributed by atoms with E-state index in [1.807, 2.05) is 72.8 Å². The number of benzene rings is 6. The van der Waals surface area contributed by atoms with E-state index in [4.69, 9.17) is 9.47 Å². The second-order valence-corrected chi connectivity index (χ2v) is 12.6. The van der Waals surface area contributed by atoms with Gasteiger partial charge >= 0.3 is 0 Å². The molecule has 0 fully saturated rings. The molecule has 4 nitrogen and oxygen atoms in total. The Morgan fingerprint density at radius 1 is 0.375 bits per heavy atom. The number of ether oxygens (including phenoxy) is 2. The molecule has 0 saturated heterocycles. The zero-order chi connectivity index (χ0) is 33.0. The third-order valence-electron chi connectivity index (χ3n) is 9.75. The van der Waals surface area contributed by atoms with Crippen molar-refractivity contribution in [1.29, 1.82) is 0 Å². The molecule has 2 atom stereocenters. The van der Waals surface area contributed by atoms with Crippen LogP contribution in [0, 0.1) is 0 Å². The van der Waals surface area contributed by atoms with Gasteiger partial charge in [0, 0.05) is 0 Å². The fraction of sp³-hybridized carbons (Fsp3) is 0.182. The summed E-state index contributed by atoms with van der Waals surface area (Å²) in [4.78, 5) is 0. The summed E-state index contributed by atoms with van der Waals surface area (Å²) in [5.74, 6) is 1.31. The lowest BCUT2D eigenvalue weighted by molar-refractivity contribution is 0.218. The average molecular weight is 633 g/mol. The Bertz CT molecular complexity index is 1920. The monoisotopic (exact) mass is 632 g/mol. The van der Waals surface area contributed by atoms with E-state index in [0.717, 1.165) is 55.6 Å². The molecule has 6 aromatic carbocycles. The van der Waals surface area contributed by atoms with Gasteiger partial charge < -0.3 is 19.7 Å². The SMILES string of the molecule is COc1cc2c(cc1OC)Cc1ccccc1C(O)c1ccccc1Cc1ccccc1Cc1ccccc1C(O)c1ccccc1C2. The highest BCUT2D eigenvalue weighted by Crippen LogP contribution is 2.37. The Labute approximate surface area is 282 Å². The molecule has 0 aliphatic heterocycles. The van der Waals surface area contributed by atoms with Gasteiger partial charge in [-0.05, 0) is 105 Å². The Morgan fingerprint density at radius 3 is 0.917 bits per heavy atom. The summed E-state index contributed by atoms with van der Waals surface area (Å²) >= 11 is 0.